The van der Waals surface area contributed by atoms with E-state index in [0.29, 0.717) is 6.54 Å². The molecule has 0 spiro atoms. The zero-order valence-electron chi connectivity index (χ0n) is 7.48. The maximum absolute atomic E-state index is 7.82. The number of aliphatic hydroxyl groups is 2. The van der Waals surface area contributed by atoms with E-state index in [4.69, 9.17) is 15.7 Å². The molecule has 0 aliphatic heterocycles. The predicted molar refractivity (Wildman–Crippen MR) is 47.7 cm³/mol. The fourth-order valence-corrected chi connectivity index (χ4v) is 0.477. The Morgan fingerprint density at radius 2 is 1.83 bits per heavy atom. The first-order chi connectivity index (χ1) is 5.83. The predicted octanol–water partition coefficient (Wildman–Crippen LogP) is 1.46. The minimum absolute atomic E-state index is 0.125. The van der Waals surface area contributed by atoms with Gasteiger partial charge < -0.3 is 10.2 Å². The fraction of sp³-hybridized carbons (Fsp3) is 1.00. The largest absolute Gasteiger partial charge is 0.394 e. The van der Waals surface area contributed by atoms with E-state index in [2.05, 4.69) is 16.9 Å². The van der Waals surface area contributed by atoms with Gasteiger partial charge in [0, 0.05) is 11.5 Å². The van der Waals surface area contributed by atoms with Crippen LogP contribution in [-0.4, -0.2) is 30.0 Å². The van der Waals surface area contributed by atoms with E-state index in [9.17, 15) is 0 Å². The molecule has 0 saturated carbocycles. The number of rotatable bonds is 5. The van der Waals surface area contributed by atoms with Crippen molar-refractivity contribution in [2.75, 3.05) is 19.8 Å². The lowest BCUT2D eigenvalue weighted by Gasteiger charge is -1.86. The molecule has 0 heterocycles. The Bertz CT molecular complexity index is 111. The summed E-state index contributed by atoms with van der Waals surface area (Å²) < 4.78 is 0. The van der Waals surface area contributed by atoms with E-state index >= 15 is 0 Å². The van der Waals surface area contributed by atoms with Crippen LogP contribution >= 0.6 is 0 Å². The minimum atomic E-state index is -0.125. The topological polar surface area (TPSA) is 89.2 Å². The molecule has 0 rings (SSSR count). The maximum Gasteiger partial charge on any atom is 0.0662 e. The third-order valence-electron chi connectivity index (χ3n) is 1.02. The van der Waals surface area contributed by atoms with Crippen molar-refractivity contribution >= 4 is 0 Å². The molecule has 72 valence electrons. The van der Waals surface area contributed by atoms with Crippen molar-refractivity contribution in [3.8, 4) is 0 Å². The Balaban J connectivity index is 0. The fourth-order valence-electron chi connectivity index (χ4n) is 0.477. The van der Waals surface area contributed by atoms with E-state index in [-0.39, 0.29) is 13.2 Å². The Kier molecular flexibility index (Phi) is 19.2. The van der Waals surface area contributed by atoms with E-state index < -0.39 is 0 Å². The van der Waals surface area contributed by atoms with Crippen LogP contribution < -0.4 is 0 Å². The normalized spacial score (nSPS) is 7.92. The molecule has 0 unspecified atom stereocenters. The Morgan fingerprint density at radius 1 is 1.25 bits per heavy atom. The molecular formula is C7H17N3O2. The molecule has 5 heteroatoms. The molecule has 0 aliphatic rings. The molecule has 0 radical (unpaired) electrons. The Labute approximate surface area is 72.7 Å². The molecule has 0 bridgehead atoms. The van der Waals surface area contributed by atoms with Gasteiger partial charge in [-0.15, -0.1) is 0 Å². The highest BCUT2D eigenvalue weighted by Crippen LogP contribution is 1.92. The summed E-state index contributed by atoms with van der Waals surface area (Å²) in [6.07, 6.45) is 3.38. The van der Waals surface area contributed by atoms with Crippen LogP contribution in [0.1, 0.15) is 26.2 Å². The van der Waals surface area contributed by atoms with Crippen molar-refractivity contribution < 1.29 is 10.2 Å². The van der Waals surface area contributed by atoms with Gasteiger partial charge in [0.05, 0.1) is 13.2 Å². The summed E-state index contributed by atoms with van der Waals surface area (Å²) in [5, 5.41) is 18.6. The van der Waals surface area contributed by atoms with Gasteiger partial charge in [-0.3, -0.25) is 0 Å². The number of hydrogen-bond acceptors (Lipinski definition) is 3. The second kappa shape index (κ2) is 16.7. The Hall–Kier alpha value is -0.770. The molecule has 5 nitrogen and oxygen atoms in total. The number of unbranched alkanes of at least 4 members (excludes halogenated alkanes) is 2. The molecule has 0 aromatic rings. The van der Waals surface area contributed by atoms with Gasteiger partial charge in [-0.25, -0.2) is 0 Å². The van der Waals surface area contributed by atoms with Gasteiger partial charge in [-0.05, 0) is 12.0 Å². The molecule has 0 aromatic carbocycles. The highest BCUT2D eigenvalue weighted by molar-refractivity contribution is 4.45. The molecule has 0 amide bonds. The van der Waals surface area contributed by atoms with Crippen molar-refractivity contribution in [2.45, 2.75) is 26.2 Å². The van der Waals surface area contributed by atoms with Crippen LogP contribution in [0.15, 0.2) is 5.11 Å². The van der Waals surface area contributed by atoms with Crippen LogP contribution in [0.3, 0.4) is 0 Å². The summed E-state index contributed by atoms with van der Waals surface area (Å²) in [6, 6.07) is 0. The summed E-state index contributed by atoms with van der Waals surface area (Å²) in [7, 11) is 0. The minimum Gasteiger partial charge on any atom is -0.394 e. The van der Waals surface area contributed by atoms with Gasteiger partial charge in [0.2, 0.25) is 0 Å². The smallest absolute Gasteiger partial charge is 0.0662 e. The van der Waals surface area contributed by atoms with Gasteiger partial charge in [0.15, 0.2) is 0 Å². The molecule has 12 heavy (non-hydrogen) atoms. The first kappa shape index (κ1) is 13.8. The van der Waals surface area contributed by atoms with Crippen molar-refractivity contribution in [1.29, 1.82) is 0 Å². The highest BCUT2D eigenvalue weighted by Gasteiger charge is 1.79. The van der Waals surface area contributed by atoms with Crippen LogP contribution in [-0.2, 0) is 0 Å². The second-order valence-corrected chi connectivity index (χ2v) is 2.11. The summed E-state index contributed by atoms with van der Waals surface area (Å²) in [5.41, 5.74) is 7.82. The highest BCUT2D eigenvalue weighted by atomic mass is 16.3. The van der Waals surface area contributed by atoms with Crippen LogP contribution in [0, 0.1) is 0 Å². The van der Waals surface area contributed by atoms with Crippen LogP contribution in [0.4, 0.5) is 0 Å². The van der Waals surface area contributed by atoms with Crippen molar-refractivity contribution in [3.63, 3.8) is 0 Å². The van der Waals surface area contributed by atoms with Gasteiger partial charge in [-0.2, -0.15) is 0 Å². The van der Waals surface area contributed by atoms with Crippen LogP contribution in [0.2, 0.25) is 0 Å². The van der Waals surface area contributed by atoms with Gasteiger partial charge in [0.25, 0.3) is 0 Å². The maximum atomic E-state index is 7.82. The first-order valence-corrected chi connectivity index (χ1v) is 4.06. The van der Waals surface area contributed by atoms with E-state index in [0.717, 1.165) is 6.42 Å². The van der Waals surface area contributed by atoms with Gasteiger partial charge in [-0.1, -0.05) is 24.9 Å². The van der Waals surface area contributed by atoms with Crippen molar-refractivity contribution in [2.24, 2.45) is 5.11 Å². The Morgan fingerprint density at radius 3 is 2.17 bits per heavy atom. The van der Waals surface area contributed by atoms with Crippen LogP contribution in [0.5, 0.6) is 0 Å². The lowest BCUT2D eigenvalue weighted by Crippen LogP contribution is -1.85. The summed E-state index contributed by atoms with van der Waals surface area (Å²) in [4.78, 5) is 2.63. The second-order valence-electron chi connectivity index (χ2n) is 2.11. The van der Waals surface area contributed by atoms with Gasteiger partial charge >= 0.3 is 0 Å². The molecule has 0 fully saturated rings. The van der Waals surface area contributed by atoms with Gasteiger partial charge in [0.1, 0.15) is 0 Å². The number of aliphatic hydroxyl groups excluding tert-OH is 2. The number of nitrogens with zero attached hydrogens (tertiary/aromatic N) is 3. The quantitative estimate of drug-likeness (QED) is 0.286. The molecule has 0 saturated heterocycles. The molecule has 0 aliphatic carbocycles. The first-order valence-electron chi connectivity index (χ1n) is 4.06. The number of azide groups is 1. The molecular weight excluding hydrogens is 158 g/mol. The lowest BCUT2D eigenvalue weighted by atomic mass is 10.3. The molecule has 2 N–H and O–H groups in total. The van der Waals surface area contributed by atoms with E-state index in [1.807, 2.05) is 0 Å². The monoisotopic (exact) mass is 175 g/mol. The molecule has 0 aromatic heterocycles. The van der Waals surface area contributed by atoms with E-state index in [1.54, 1.807) is 0 Å². The average Bonchev–Trinajstić information content (AvgIpc) is 2.13. The molecule has 0 atom stereocenters. The zero-order valence-corrected chi connectivity index (χ0v) is 7.48. The van der Waals surface area contributed by atoms with Crippen molar-refractivity contribution in [3.05, 3.63) is 10.4 Å². The number of hydrogen-bond donors (Lipinski definition) is 2. The third kappa shape index (κ3) is 22.9. The average molecular weight is 175 g/mol. The van der Waals surface area contributed by atoms with Crippen molar-refractivity contribution in [1.82, 2.24) is 0 Å². The zero-order chi connectivity index (χ0) is 9.66. The van der Waals surface area contributed by atoms with Crippen LogP contribution in [0.25, 0.3) is 10.4 Å². The summed E-state index contributed by atoms with van der Waals surface area (Å²) in [5.74, 6) is 0. The van der Waals surface area contributed by atoms with E-state index in [1.165, 1.54) is 12.8 Å². The third-order valence-corrected chi connectivity index (χ3v) is 1.02. The summed E-state index contributed by atoms with van der Waals surface area (Å²) >= 11 is 0. The SMILES string of the molecule is CCCCCN=[N+]=[N-].OCCO. The lowest BCUT2D eigenvalue weighted by molar-refractivity contribution is 0.186. The standard InChI is InChI=1S/C5H11N3.C2H6O2/c1-2-3-4-5-7-8-6;3-1-2-4/h2-5H2,1H3;3-4H,1-2H2. The summed E-state index contributed by atoms with van der Waals surface area (Å²) in [6.45, 7) is 2.53.